The Hall–Kier alpha value is -1.03. The molecule has 3 rings (SSSR count). The Morgan fingerprint density at radius 1 is 1.18 bits per heavy atom. The van der Waals surface area contributed by atoms with Crippen LogP contribution in [-0.4, -0.2) is 16.6 Å². The van der Waals surface area contributed by atoms with Gasteiger partial charge in [0.2, 0.25) is 0 Å². The summed E-state index contributed by atoms with van der Waals surface area (Å²) < 4.78 is 0. The van der Waals surface area contributed by atoms with Gasteiger partial charge in [-0.1, -0.05) is 0 Å². The first-order chi connectivity index (χ1) is 8.22. The molecule has 1 aromatic heterocycles. The third-order valence-electron chi connectivity index (χ3n) is 4.29. The van der Waals surface area contributed by atoms with E-state index in [4.69, 9.17) is 0 Å². The van der Waals surface area contributed by atoms with Crippen molar-refractivity contribution in [3.05, 3.63) is 16.6 Å². The molecule has 2 aliphatic rings. The first kappa shape index (κ1) is 11.1. The molecular formula is C13H15NO2S. The van der Waals surface area contributed by atoms with Gasteiger partial charge in [0.05, 0.1) is 10.4 Å². The van der Waals surface area contributed by atoms with Crippen molar-refractivity contribution in [3.8, 4) is 0 Å². The van der Waals surface area contributed by atoms with Gasteiger partial charge in [0.25, 0.3) is 0 Å². The summed E-state index contributed by atoms with van der Waals surface area (Å²) in [4.78, 5) is 28.2. The average Bonchev–Trinajstić information content (AvgIpc) is 2.96. The van der Waals surface area contributed by atoms with Crippen LogP contribution in [0.3, 0.4) is 0 Å². The molecular weight excluding hydrogens is 234 g/mol. The minimum Gasteiger partial charge on any atom is -0.299 e. The highest BCUT2D eigenvalue weighted by Crippen LogP contribution is 2.48. The molecule has 1 spiro atoms. The Labute approximate surface area is 104 Å². The van der Waals surface area contributed by atoms with Gasteiger partial charge in [-0.3, -0.25) is 9.59 Å². The minimum atomic E-state index is -0.590. The number of hydrogen-bond acceptors (Lipinski definition) is 4. The van der Waals surface area contributed by atoms with Crippen molar-refractivity contribution >= 4 is 22.9 Å². The van der Waals surface area contributed by atoms with Gasteiger partial charge in [-0.25, -0.2) is 4.98 Å². The van der Waals surface area contributed by atoms with Crippen LogP contribution in [0.1, 0.15) is 49.5 Å². The molecule has 1 aromatic rings. The predicted molar refractivity (Wildman–Crippen MR) is 65.0 cm³/mol. The number of aromatic nitrogens is 1. The van der Waals surface area contributed by atoms with Gasteiger partial charge in [-0.2, -0.15) is 0 Å². The number of hydrogen-bond donors (Lipinski definition) is 0. The summed E-state index contributed by atoms with van der Waals surface area (Å²) >= 11 is 1.68. The third kappa shape index (κ3) is 1.66. The van der Waals surface area contributed by atoms with Crippen molar-refractivity contribution in [3.63, 3.8) is 0 Å². The maximum Gasteiger partial charge on any atom is 0.146 e. The number of thiazole rings is 1. The zero-order valence-electron chi connectivity index (χ0n) is 9.65. The molecule has 3 nitrogen and oxygen atoms in total. The monoisotopic (exact) mass is 249 g/mol. The maximum absolute atomic E-state index is 11.9. The van der Waals surface area contributed by atoms with Gasteiger partial charge in [0.1, 0.15) is 11.6 Å². The average molecular weight is 249 g/mol. The van der Waals surface area contributed by atoms with E-state index >= 15 is 0 Å². The molecule has 90 valence electrons. The van der Waals surface area contributed by atoms with Crippen LogP contribution >= 0.6 is 11.3 Å². The number of rotatable bonds is 1. The normalized spacial score (nSPS) is 24.7. The molecule has 2 saturated carbocycles. The largest absolute Gasteiger partial charge is 0.299 e. The molecule has 0 N–H and O–H groups in total. The number of ketones is 2. The highest BCUT2D eigenvalue weighted by Gasteiger charge is 2.50. The summed E-state index contributed by atoms with van der Waals surface area (Å²) in [5.74, 6) is 0.849. The number of Topliss-reactive ketones (excluding diaryl/α,β-unsaturated/α-hetero) is 2. The van der Waals surface area contributed by atoms with Crippen molar-refractivity contribution in [1.82, 2.24) is 4.98 Å². The number of nitrogens with zero attached hydrogens (tertiary/aromatic N) is 1. The summed E-state index contributed by atoms with van der Waals surface area (Å²) in [6.07, 6.45) is 6.14. The summed E-state index contributed by atoms with van der Waals surface area (Å²) in [6, 6.07) is 0. The second-order valence-corrected chi connectivity index (χ2v) is 6.00. The van der Waals surface area contributed by atoms with E-state index in [9.17, 15) is 9.59 Å². The smallest absolute Gasteiger partial charge is 0.146 e. The van der Waals surface area contributed by atoms with E-state index < -0.39 is 5.41 Å². The Morgan fingerprint density at radius 3 is 2.35 bits per heavy atom. The Kier molecular flexibility index (Phi) is 2.62. The van der Waals surface area contributed by atoms with Crippen molar-refractivity contribution in [2.24, 2.45) is 5.41 Å². The fraction of sp³-hybridized carbons (Fsp3) is 0.615. The van der Waals surface area contributed by atoms with E-state index in [1.54, 1.807) is 11.3 Å². The highest BCUT2D eigenvalue weighted by molar-refractivity contribution is 7.09. The van der Waals surface area contributed by atoms with E-state index in [2.05, 4.69) is 4.98 Å². The predicted octanol–water partition coefficient (Wildman–Crippen LogP) is 2.72. The summed E-state index contributed by atoms with van der Waals surface area (Å²) in [5, 5.41) is 3.16. The lowest BCUT2D eigenvalue weighted by molar-refractivity contribution is -0.137. The van der Waals surface area contributed by atoms with Crippen molar-refractivity contribution in [1.29, 1.82) is 0 Å². The first-order valence-electron chi connectivity index (χ1n) is 6.18. The van der Waals surface area contributed by atoms with Crippen LogP contribution in [0.15, 0.2) is 11.6 Å². The van der Waals surface area contributed by atoms with Crippen molar-refractivity contribution < 1.29 is 9.59 Å². The maximum atomic E-state index is 11.9. The Bertz CT molecular complexity index is 426. The van der Waals surface area contributed by atoms with E-state index in [1.807, 2.05) is 11.6 Å². The standard InChI is InChI=1S/C13H15NO2S/c15-10-1-2-11(16)13(10)5-3-9(4-6-13)12-14-7-8-17-12/h7-9H,1-6H2. The molecule has 0 amide bonds. The third-order valence-corrected chi connectivity index (χ3v) is 5.22. The lowest BCUT2D eigenvalue weighted by Gasteiger charge is -2.33. The minimum absolute atomic E-state index is 0.195. The highest BCUT2D eigenvalue weighted by atomic mass is 32.1. The summed E-state index contributed by atoms with van der Waals surface area (Å²) in [5.41, 5.74) is -0.590. The molecule has 4 heteroatoms. The fourth-order valence-corrected chi connectivity index (χ4v) is 4.02. The van der Waals surface area contributed by atoms with Gasteiger partial charge in [-0.15, -0.1) is 11.3 Å². The molecule has 0 atom stereocenters. The quantitative estimate of drug-likeness (QED) is 0.719. The van der Waals surface area contributed by atoms with Crippen LogP contribution in [0.25, 0.3) is 0 Å². The van der Waals surface area contributed by atoms with Crippen molar-refractivity contribution in [2.75, 3.05) is 0 Å². The molecule has 0 aliphatic heterocycles. The van der Waals surface area contributed by atoms with E-state index in [1.165, 1.54) is 0 Å². The lowest BCUT2D eigenvalue weighted by Crippen LogP contribution is -2.36. The summed E-state index contributed by atoms with van der Waals surface area (Å²) in [6.45, 7) is 0. The zero-order chi connectivity index (χ0) is 11.9. The molecule has 0 bridgehead atoms. The van der Waals surface area contributed by atoms with Gasteiger partial charge in [0.15, 0.2) is 0 Å². The van der Waals surface area contributed by atoms with Crippen molar-refractivity contribution in [2.45, 2.75) is 44.4 Å². The molecule has 0 aromatic carbocycles. The van der Waals surface area contributed by atoms with Crippen LogP contribution in [0.4, 0.5) is 0 Å². The first-order valence-corrected chi connectivity index (χ1v) is 7.06. The molecule has 2 fully saturated rings. The molecule has 0 saturated heterocycles. The number of carbonyl (C=O) groups excluding carboxylic acids is 2. The van der Waals surface area contributed by atoms with E-state index in [0.29, 0.717) is 18.8 Å². The van der Waals surface area contributed by atoms with E-state index in [-0.39, 0.29) is 11.6 Å². The van der Waals surface area contributed by atoms with Crippen LogP contribution in [0, 0.1) is 5.41 Å². The lowest BCUT2D eigenvalue weighted by atomic mass is 9.68. The summed E-state index contributed by atoms with van der Waals surface area (Å²) in [7, 11) is 0. The molecule has 2 aliphatic carbocycles. The zero-order valence-corrected chi connectivity index (χ0v) is 10.5. The van der Waals surface area contributed by atoms with Crippen LogP contribution < -0.4 is 0 Å². The van der Waals surface area contributed by atoms with Gasteiger partial charge >= 0.3 is 0 Å². The molecule has 1 heterocycles. The number of carbonyl (C=O) groups is 2. The fourth-order valence-electron chi connectivity index (χ4n) is 3.21. The van der Waals surface area contributed by atoms with E-state index in [0.717, 1.165) is 30.7 Å². The second kappa shape index (κ2) is 4.02. The Morgan fingerprint density at radius 2 is 1.82 bits per heavy atom. The van der Waals surface area contributed by atoms with Crippen LogP contribution in [-0.2, 0) is 9.59 Å². The topological polar surface area (TPSA) is 47.0 Å². The van der Waals surface area contributed by atoms with Gasteiger partial charge in [-0.05, 0) is 25.7 Å². The van der Waals surface area contributed by atoms with Gasteiger partial charge < -0.3 is 0 Å². The van der Waals surface area contributed by atoms with Crippen LogP contribution in [0.2, 0.25) is 0 Å². The van der Waals surface area contributed by atoms with Crippen LogP contribution in [0.5, 0.6) is 0 Å². The second-order valence-electron chi connectivity index (χ2n) is 5.07. The molecule has 0 unspecified atom stereocenters. The molecule has 17 heavy (non-hydrogen) atoms. The van der Waals surface area contributed by atoms with Gasteiger partial charge in [0, 0.05) is 30.3 Å². The SMILES string of the molecule is O=C1CCC(=O)C12CCC(c1nccs1)CC2. The molecule has 0 radical (unpaired) electrons. The Balaban J connectivity index is 1.76.